The molecular weight excluding hydrogens is 392 g/mol. The van der Waals surface area contributed by atoms with E-state index in [0.717, 1.165) is 39.9 Å². The number of rotatable bonds is 8. The molecule has 4 rings (SSSR count). The van der Waals surface area contributed by atoms with Gasteiger partial charge in [0.25, 0.3) is 0 Å². The largest absolute Gasteiger partial charge is 0.382 e. The highest BCUT2D eigenvalue weighted by Crippen LogP contribution is 2.28. The zero-order valence-corrected chi connectivity index (χ0v) is 17.5. The van der Waals surface area contributed by atoms with Crippen molar-refractivity contribution in [2.75, 3.05) is 30.4 Å². The Hall–Kier alpha value is -3.65. The summed E-state index contributed by atoms with van der Waals surface area (Å²) >= 11 is 0. The van der Waals surface area contributed by atoms with Crippen LogP contribution in [-0.4, -0.2) is 40.3 Å². The Morgan fingerprint density at radius 1 is 1.06 bits per heavy atom. The molecular formula is C23H26N6O2. The molecule has 0 saturated carbocycles. The van der Waals surface area contributed by atoms with Crippen molar-refractivity contribution in [2.24, 2.45) is 5.73 Å². The molecule has 0 saturated heterocycles. The maximum atomic E-state index is 11.8. The zero-order chi connectivity index (χ0) is 21.8. The molecule has 0 aliphatic carbocycles. The maximum absolute atomic E-state index is 11.8. The predicted octanol–water partition coefficient (Wildman–Crippen LogP) is 3.33. The average Bonchev–Trinajstić information content (AvgIpc) is 3.16. The van der Waals surface area contributed by atoms with Crippen LogP contribution in [-0.2, 0) is 17.7 Å². The van der Waals surface area contributed by atoms with Gasteiger partial charge in [0.15, 0.2) is 5.82 Å². The Morgan fingerprint density at radius 2 is 1.81 bits per heavy atom. The average molecular weight is 419 g/mol. The van der Waals surface area contributed by atoms with Crippen LogP contribution in [0.4, 0.5) is 16.3 Å². The molecule has 2 aromatic heterocycles. The number of pyridine rings is 1. The predicted molar refractivity (Wildman–Crippen MR) is 123 cm³/mol. The number of fused-ring (bicyclic) bond motifs is 3. The molecule has 0 unspecified atom stereocenters. The van der Waals surface area contributed by atoms with Gasteiger partial charge in [0.05, 0.1) is 30.8 Å². The van der Waals surface area contributed by atoms with E-state index in [0.29, 0.717) is 32.1 Å². The van der Waals surface area contributed by atoms with Crippen molar-refractivity contribution in [3.63, 3.8) is 0 Å². The highest BCUT2D eigenvalue weighted by atomic mass is 16.5. The van der Waals surface area contributed by atoms with Crippen LogP contribution in [0, 0.1) is 0 Å². The van der Waals surface area contributed by atoms with Gasteiger partial charge in [-0.25, -0.2) is 14.8 Å². The van der Waals surface area contributed by atoms with E-state index in [1.165, 1.54) is 4.90 Å². The van der Waals surface area contributed by atoms with Gasteiger partial charge in [-0.3, -0.25) is 4.90 Å². The number of amides is 2. The van der Waals surface area contributed by atoms with Crippen molar-refractivity contribution >= 4 is 39.5 Å². The summed E-state index contributed by atoms with van der Waals surface area (Å²) in [6.07, 6.45) is 0.770. The van der Waals surface area contributed by atoms with Crippen molar-refractivity contribution in [1.82, 2.24) is 14.5 Å². The van der Waals surface area contributed by atoms with E-state index in [9.17, 15) is 4.79 Å². The van der Waals surface area contributed by atoms with Crippen LogP contribution in [0.25, 0.3) is 21.9 Å². The van der Waals surface area contributed by atoms with Crippen molar-refractivity contribution in [3.8, 4) is 0 Å². The standard InChI is InChI=1S/C23H26N6O2/c1-2-19-27-20-21(17-10-6-7-11-18(17)26-22(20)24)29(19)13-15-31-14-12-28(23(25)30)16-8-4-3-5-9-16/h3-11H,2,12-15H2,1H3,(H2,24,26)(H2,25,30). The molecule has 0 radical (unpaired) electrons. The minimum Gasteiger partial charge on any atom is -0.382 e. The highest BCUT2D eigenvalue weighted by Gasteiger charge is 2.16. The fourth-order valence-electron chi connectivity index (χ4n) is 3.80. The van der Waals surface area contributed by atoms with Crippen LogP contribution >= 0.6 is 0 Å². The first-order valence-corrected chi connectivity index (χ1v) is 10.3. The van der Waals surface area contributed by atoms with Crippen molar-refractivity contribution < 1.29 is 9.53 Å². The van der Waals surface area contributed by atoms with E-state index in [1.54, 1.807) is 0 Å². The number of imidazole rings is 1. The fraction of sp³-hybridized carbons (Fsp3) is 0.261. The summed E-state index contributed by atoms with van der Waals surface area (Å²) in [5.74, 6) is 1.37. The summed E-state index contributed by atoms with van der Waals surface area (Å²) in [4.78, 5) is 22.5. The molecule has 0 aliphatic heterocycles. The molecule has 31 heavy (non-hydrogen) atoms. The van der Waals surface area contributed by atoms with Crippen molar-refractivity contribution in [3.05, 3.63) is 60.4 Å². The quantitative estimate of drug-likeness (QED) is 0.426. The van der Waals surface area contributed by atoms with Gasteiger partial charge in [0.2, 0.25) is 0 Å². The summed E-state index contributed by atoms with van der Waals surface area (Å²) in [7, 11) is 0. The first-order valence-electron chi connectivity index (χ1n) is 10.3. The van der Waals surface area contributed by atoms with Gasteiger partial charge in [-0.15, -0.1) is 0 Å². The summed E-state index contributed by atoms with van der Waals surface area (Å²) < 4.78 is 8.01. The van der Waals surface area contributed by atoms with Gasteiger partial charge in [-0.2, -0.15) is 0 Å². The van der Waals surface area contributed by atoms with E-state index in [-0.39, 0.29) is 0 Å². The summed E-state index contributed by atoms with van der Waals surface area (Å²) in [6, 6.07) is 16.7. The van der Waals surface area contributed by atoms with Crippen LogP contribution in [0.5, 0.6) is 0 Å². The number of anilines is 2. The number of ether oxygens (including phenoxy) is 1. The fourth-order valence-corrected chi connectivity index (χ4v) is 3.80. The van der Waals surface area contributed by atoms with Gasteiger partial charge in [0.1, 0.15) is 11.3 Å². The molecule has 8 heteroatoms. The van der Waals surface area contributed by atoms with Crippen LogP contribution in [0.1, 0.15) is 12.7 Å². The van der Waals surface area contributed by atoms with Gasteiger partial charge in [0, 0.05) is 24.0 Å². The van der Waals surface area contributed by atoms with E-state index < -0.39 is 6.03 Å². The lowest BCUT2D eigenvalue weighted by Gasteiger charge is -2.20. The molecule has 2 aromatic carbocycles. The van der Waals surface area contributed by atoms with E-state index in [4.69, 9.17) is 21.2 Å². The lowest BCUT2D eigenvalue weighted by atomic mass is 10.2. The number of nitrogen functional groups attached to an aromatic ring is 1. The summed E-state index contributed by atoms with van der Waals surface area (Å²) in [6.45, 7) is 3.90. The first kappa shape index (κ1) is 20.6. The lowest BCUT2D eigenvalue weighted by Crippen LogP contribution is -2.38. The van der Waals surface area contributed by atoms with Gasteiger partial charge >= 0.3 is 6.03 Å². The second-order valence-electron chi connectivity index (χ2n) is 7.18. The molecule has 0 spiro atoms. The Balaban J connectivity index is 1.48. The van der Waals surface area contributed by atoms with Crippen LogP contribution < -0.4 is 16.4 Å². The molecule has 4 N–H and O–H groups in total. The molecule has 2 heterocycles. The van der Waals surface area contributed by atoms with Crippen molar-refractivity contribution in [2.45, 2.75) is 19.9 Å². The number of para-hydroxylation sites is 2. The van der Waals surface area contributed by atoms with E-state index >= 15 is 0 Å². The number of aromatic nitrogens is 3. The molecule has 2 amide bonds. The molecule has 0 atom stereocenters. The third kappa shape index (κ3) is 4.15. The number of urea groups is 1. The van der Waals surface area contributed by atoms with Crippen molar-refractivity contribution in [1.29, 1.82) is 0 Å². The third-order valence-corrected chi connectivity index (χ3v) is 5.26. The number of carbonyl (C=O) groups is 1. The third-order valence-electron chi connectivity index (χ3n) is 5.26. The molecule has 4 aromatic rings. The van der Waals surface area contributed by atoms with Crippen LogP contribution in [0.15, 0.2) is 54.6 Å². The van der Waals surface area contributed by atoms with Gasteiger partial charge < -0.3 is 20.8 Å². The van der Waals surface area contributed by atoms with Crippen LogP contribution in [0.2, 0.25) is 0 Å². The molecule has 160 valence electrons. The number of nitrogens with zero attached hydrogens (tertiary/aromatic N) is 4. The number of nitrogens with two attached hydrogens (primary N) is 2. The zero-order valence-electron chi connectivity index (χ0n) is 17.5. The van der Waals surface area contributed by atoms with Crippen LogP contribution in [0.3, 0.4) is 0 Å². The Bertz CT molecular complexity index is 1210. The molecule has 8 nitrogen and oxygen atoms in total. The van der Waals surface area contributed by atoms with E-state index in [1.807, 2.05) is 54.6 Å². The Morgan fingerprint density at radius 3 is 2.55 bits per heavy atom. The molecule has 0 fully saturated rings. The number of hydrogen-bond acceptors (Lipinski definition) is 5. The summed E-state index contributed by atoms with van der Waals surface area (Å²) in [5.41, 5.74) is 15.0. The Labute approximate surface area is 180 Å². The monoisotopic (exact) mass is 418 g/mol. The minimum atomic E-state index is -0.502. The lowest BCUT2D eigenvalue weighted by molar-refractivity contribution is 0.132. The highest BCUT2D eigenvalue weighted by molar-refractivity contribution is 6.06. The van der Waals surface area contributed by atoms with Gasteiger partial charge in [-0.05, 0) is 18.2 Å². The smallest absolute Gasteiger partial charge is 0.319 e. The normalized spacial score (nSPS) is 11.3. The maximum Gasteiger partial charge on any atom is 0.319 e. The number of benzene rings is 2. The minimum absolute atomic E-state index is 0.371. The SMILES string of the molecule is CCc1nc2c(N)nc3ccccc3c2n1CCOCCN(C(N)=O)c1ccccc1. The van der Waals surface area contributed by atoms with E-state index in [2.05, 4.69) is 16.5 Å². The summed E-state index contributed by atoms with van der Waals surface area (Å²) in [5, 5.41) is 1.02. The number of carbonyl (C=O) groups excluding carboxylic acids is 1. The number of primary amides is 1. The number of hydrogen-bond donors (Lipinski definition) is 2. The van der Waals surface area contributed by atoms with Gasteiger partial charge in [-0.1, -0.05) is 43.3 Å². The topological polar surface area (TPSA) is 112 Å². The number of aryl methyl sites for hydroxylation is 1. The first-order chi connectivity index (χ1) is 15.1. The second kappa shape index (κ2) is 9.01. The Kier molecular flexibility index (Phi) is 5.99. The molecule has 0 aliphatic rings. The molecule has 0 bridgehead atoms. The second-order valence-corrected chi connectivity index (χ2v) is 7.18.